The van der Waals surface area contributed by atoms with E-state index < -0.39 is 27.5 Å². The average molecular weight is 387 g/mol. The van der Waals surface area contributed by atoms with Gasteiger partial charge in [0.2, 0.25) is 0 Å². The average Bonchev–Trinajstić information content (AvgIpc) is 2.56. The van der Waals surface area contributed by atoms with Crippen LogP contribution in [-0.4, -0.2) is 25.2 Å². The Hall–Kier alpha value is -2.12. The molecular formula is C17H16ClFO5S. The molecule has 0 bridgehead atoms. The lowest BCUT2D eigenvalue weighted by Gasteiger charge is -2.15. The molecule has 1 unspecified atom stereocenters. The topological polar surface area (TPSA) is 80.7 Å². The van der Waals surface area contributed by atoms with E-state index in [-0.39, 0.29) is 32.7 Å². The highest BCUT2D eigenvalue weighted by atomic mass is 35.5. The molecule has 0 aliphatic rings. The molecule has 0 fully saturated rings. The highest BCUT2D eigenvalue weighted by molar-refractivity contribution is 7.91. The minimum absolute atomic E-state index is 0.00268. The van der Waals surface area contributed by atoms with Crippen LogP contribution in [0.3, 0.4) is 0 Å². The van der Waals surface area contributed by atoms with Crippen LogP contribution in [0.4, 0.5) is 4.39 Å². The van der Waals surface area contributed by atoms with E-state index in [0.717, 1.165) is 12.1 Å². The van der Waals surface area contributed by atoms with Crippen LogP contribution in [0.25, 0.3) is 0 Å². The van der Waals surface area contributed by atoms with Crippen LogP contribution in [-0.2, 0) is 14.6 Å². The number of aliphatic carboxylic acids is 1. The second-order valence-electron chi connectivity index (χ2n) is 5.34. The van der Waals surface area contributed by atoms with E-state index in [1.807, 2.05) is 0 Å². The van der Waals surface area contributed by atoms with E-state index in [1.165, 1.54) is 38.1 Å². The third-order valence-corrected chi connectivity index (χ3v) is 5.70. The quantitative estimate of drug-likeness (QED) is 0.802. The summed E-state index contributed by atoms with van der Waals surface area (Å²) in [4.78, 5) is 11.2. The van der Waals surface area contributed by atoms with Crippen molar-refractivity contribution >= 4 is 27.4 Å². The first-order chi connectivity index (χ1) is 11.7. The zero-order valence-electron chi connectivity index (χ0n) is 13.5. The lowest BCUT2D eigenvalue weighted by Crippen LogP contribution is -2.09. The Kier molecular flexibility index (Phi) is 5.69. The Morgan fingerprint density at radius 2 is 1.92 bits per heavy atom. The van der Waals surface area contributed by atoms with Crippen molar-refractivity contribution < 1.29 is 27.4 Å². The van der Waals surface area contributed by atoms with Gasteiger partial charge in [0, 0.05) is 11.6 Å². The minimum atomic E-state index is -3.43. The van der Waals surface area contributed by atoms with Gasteiger partial charge in [-0.1, -0.05) is 24.6 Å². The van der Waals surface area contributed by atoms with Gasteiger partial charge in [0.05, 0.1) is 21.6 Å². The first kappa shape index (κ1) is 19.2. The smallest absolute Gasteiger partial charge is 0.310 e. The molecule has 2 aromatic rings. The molecule has 0 saturated carbocycles. The van der Waals surface area contributed by atoms with Crippen molar-refractivity contribution in [2.75, 3.05) is 5.75 Å². The van der Waals surface area contributed by atoms with Gasteiger partial charge in [0.15, 0.2) is 9.84 Å². The maximum atomic E-state index is 13.5. The zero-order chi connectivity index (χ0) is 18.8. The molecule has 5 nitrogen and oxygen atoms in total. The van der Waals surface area contributed by atoms with Crippen molar-refractivity contribution in [3.05, 3.63) is 52.8 Å². The molecule has 0 aliphatic heterocycles. The largest absolute Gasteiger partial charge is 0.481 e. The monoisotopic (exact) mass is 386 g/mol. The SMILES string of the molecule is CCS(=O)(=O)c1ccc(Oc2cc(F)ccc2C(C)C(=O)O)c(Cl)c1. The number of carboxylic acid groups (broad SMARTS) is 1. The second-order valence-corrected chi connectivity index (χ2v) is 8.03. The van der Waals surface area contributed by atoms with Crippen LogP contribution in [0.2, 0.25) is 5.02 Å². The number of hydrogen-bond acceptors (Lipinski definition) is 4. The Balaban J connectivity index is 2.44. The molecule has 25 heavy (non-hydrogen) atoms. The van der Waals surface area contributed by atoms with Crippen molar-refractivity contribution in [3.63, 3.8) is 0 Å². The number of hydrogen-bond donors (Lipinski definition) is 1. The van der Waals surface area contributed by atoms with Gasteiger partial charge in [-0.05, 0) is 31.2 Å². The van der Waals surface area contributed by atoms with Gasteiger partial charge >= 0.3 is 5.97 Å². The highest BCUT2D eigenvalue weighted by Crippen LogP contribution is 2.36. The van der Waals surface area contributed by atoms with E-state index in [0.29, 0.717) is 0 Å². The standard InChI is InChI=1S/C17H16ClFO5S/c1-3-25(22,23)12-5-7-15(14(18)9-12)24-16-8-11(19)4-6-13(16)10(2)17(20)21/h4-10H,3H2,1-2H3,(H,20,21). The molecule has 0 radical (unpaired) electrons. The van der Waals surface area contributed by atoms with Gasteiger partial charge in [0.1, 0.15) is 17.3 Å². The number of carboxylic acids is 1. The Bertz CT molecular complexity index is 911. The number of sulfone groups is 1. The lowest BCUT2D eigenvalue weighted by molar-refractivity contribution is -0.138. The van der Waals surface area contributed by atoms with E-state index in [9.17, 15) is 17.6 Å². The summed E-state index contributed by atoms with van der Waals surface area (Å²) in [5.41, 5.74) is 0.273. The molecule has 134 valence electrons. The minimum Gasteiger partial charge on any atom is -0.481 e. The molecule has 2 aromatic carbocycles. The predicted octanol–water partition coefficient (Wildman–Crippen LogP) is 4.25. The third-order valence-electron chi connectivity index (χ3n) is 3.67. The Morgan fingerprint density at radius 1 is 1.24 bits per heavy atom. The van der Waals surface area contributed by atoms with Crippen molar-refractivity contribution in [1.29, 1.82) is 0 Å². The maximum absolute atomic E-state index is 13.5. The van der Waals surface area contributed by atoms with E-state index in [2.05, 4.69) is 0 Å². The van der Waals surface area contributed by atoms with Crippen LogP contribution in [0.15, 0.2) is 41.3 Å². The molecule has 0 amide bonds. The second kappa shape index (κ2) is 7.41. The number of carbonyl (C=O) groups is 1. The van der Waals surface area contributed by atoms with Gasteiger partial charge in [-0.25, -0.2) is 12.8 Å². The van der Waals surface area contributed by atoms with E-state index in [1.54, 1.807) is 0 Å². The van der Waals surface area contributed by atoms with Gasteiger partial charge < -0.3 is 9.84 Å². The van der Waals surface area contributed by atoms with E-state index >= 15 is 0 Å². The molecule has 0 saturated heterocycles. The molecule has 2 rings (SSSR count). The van der Waals surface area contributed by atoms with Gasteiger partial charge in [-0.15, -0.1) is 0 Å². The van der Waals surface area contributed by atoms with E-state index in [4.69, 9.17) is 21.4 Å². The first-order valence-corrected chi connectivity index (χ1v) is 9.41. The van der Waals surface area contributed by atoms with Crippen LogP contribution in [0.1, 0.15) is 25.3 Å². The number of benzene rings is 2. The normalized spacial score (nSPS) is 12.6. The lowest BCUT2D eigenvalue weighted by atomic mass is 10.0. The summed E-state index contributed by atoms with van der Waals surface area (Å²) in [6, 6.07) is 7.45. The van der Waals surface area contributed by atoms with Crippen molar-refractivity contribution in [2.45, 2.75) is 24.7 Å². The van der Waals surface area contributed by atoms with Crippen molar-refractivity contribution in [2.24, 2.45) is 0 Å². The molecule has 8 heteroatoms. The number of ether oxygens (including phenoxy) is 1. The molecule has 0 aliphatic carbocycles. The fraction of sp³-hybridized carbons (Fsp3) is 0.235. The highest BCUT2D eigenvalue weighted by Gasteiger charge is 2.21. The van der Waals surface area contributed by atoms with Crippen molar-refractivity contribution in [1.82, 2.24) is 0 Å². The summed E-state index contributed by atoms with van der Waals surface area (Å²) < 4.78 is 42.8. The predicted molar refractivity (Wildman–Crippen MR) is 91.7 cm³/mol. The van der Waals surface area contributed by atoms with Crippen LogP contribution in [0, 0.1) is 5.82 Å². The van der Waals surface area contributed by atoms with Gasteiger partial charge in [-0.2, -0.15) is 0 Å². The Labute approximate surface area is 149 Å². The van der Waals surface area contributed by atoms with Crippen LogP contribution < -0.4 is 4.74 Å². The Morgan fingerprint density at radius 3 is 2.48 bits per heavy atom. The summed E-state index contributed by atoms with van der Waals surface area (Å²) in [6.07, 6.45) is 0. The molecule has 0 aromatic heterocycles. The molecule has 1 N–H and O–H groups in total. The maximum Gasteiger partial charge on any atom is 0.310 e. The molecule has 0 spiro atoms. The number of rotatable bonds is 6. The van der Waals surface area contributed by atoms with Crippen molar-refractivity contribution in [3.8, 4) is 11.5 Å². The van der Waals surface area contributed by atoms with Crippen LogP contribution >= 0.6 is 11.6 Å². The third kappa shape index (κ3) is 4.29. The summed E-state index contributed by atoms with van der Waals surface area (Å²) in [5, 5.41) is 9.18. The summed E-state index contributed by atoms with van der Waals surface area (Å²) in [6.45, 7) is 2.96. The summed E-state index contributed by atoms with van der Waals surface area (Å²) in [7, 11) is -3.43. The van der Waals surface area contributed by atoms with Crippen LogP contribution in [0.5, 0.6) is 11.5 Å². The van der Waals surface area contributed by atoms with Gasteiger partial charge in [-0.3, -0.25) is 4.79 Å². The van der Waals surface area contributed by atoms with Gasteiger partial charge in [0.25, 0.3) is 0 Å². The fourth-order valence-electron chi connectivity index (χ4n) is 2.13. The molecule has 0 heterocycles. The molecular weight excluding hydrogens is 371 g/mol. The first-order valence-electron chi connectivity index (χ1n) is 7.38. The summed E-state index contributed by atoms with van der Waals surface area (Å²) in [5.74, 6) is -2.59. The number of halogens is 2. The summed E-state index contributed by atoms with van der Waals surface area (Å²) >= 11 is 6.08. The molecule has 1 atom stereocenters. The fourth-order valence-corrected chi connectivity index (χ4v) is 3.32. The zero-order valence-corrected chi connectivity index (χ0v) is 15.1.